The van der Waals surface area contributed by atoms with Crippen molar-refractivity contribution in [2.75, 3.05) is 13.1 Å². The molecular weight excluding hydrogens is 417 g/mol. The van der Waals surface area contributed by atoms with Gasteiger partial charge in [0.05, 0.1) is 11.0 Å². The zero-order valence-corrected chi connectivity index (χ0v) is 17.4. The second kappa shape index (κ2) is 10.1. The van der Waals surface area contributed by atoms with Crippen molar-refractivity contribution in [2.24, 2.45) is 0 Å². The van der Waals surface area contributed by atoms with Crippen LogP contribution < -0.4 is 10.0 Å². The normalized spacial score (nSPS) is 13.6. The maximum atomic E-state index is 13.7. The summed E-state index contributed by atoms with van der Waals surface area (Å²) in [6.45, 7) is 2.10. The Morgan fingerprint density at radius 3 is 2.62 bits per heavy atom. The van der Waals surface area contributed by atoms with Crippen LogP contribution >= 0.6 is 12.4 Å². The van der Waals surface area contributed by atoms with E-state index in [0.29, 0.717) is 0 Å². The summed E-state index contributed by atoms with van der Waals surface area (Å²) in [4.78, 5) is 4.18. The smallest absolute Gasteiger partial charge is 0.240 e. The Kier molecular flexibility index (Phi) is 8.06. The van der Waals surface area contributed by atoms with Crippen LogP contribution in [0.25, 0.3) is 10.8 Å². The van der Waals surface area contributed by atoms with Crippen molar-refractivity contribution >= 4 is 33.2 Å². The minimum atomic E-state index is -3.69. The molecule has 0 radical (unpaired) electrons. The van der Waals surface area contributed by atoms with Gasteiger partial charge in [-0.3, -0.25) is 4.98 Å². The van der Waals surface area contributed by atoms with Crippen molar-refractivity contribution in [3.63, 3.8) is 0 Å². The van der Waals surface area contributed by atoms with Gasteiger partial charge in [-0.2, -0.15) is 0 Å². The average molecular weight is 440 g/mol. The van der Waals surface area contributed by atoms with Gasteiger partial charge < -0.3 is 10.4 Å². The molecule has 6 nitrogen and oxygen atoms in total. The quantitative estimate of drug-likeness (QED) is 0.502. The first-order chi connectivity index (χ1) is 13.4. The van der Waals surface area contributed by atoms with Crippen LogP contribution in [-0.4, -0.2) is 37.6 Å². The first-order valence-electron chi connectivity index (χ1n) is 8.86. The highest BCUT2D eigenvalue weighted by Gasteiger charge is 2.18. The van der Waals surface area contributed by atoms with Gasteiger partial charge in [-0.1, -0.05) is 24.3 Å². The van der Waals surface area contributed by atoms with Crippen molar-refractivity contribution in [1.29, 1.82) is 0 Å². The van der Waals surface area contributed by atoms with Gasteiger partial charge in [0.2, 0.25) is 10.0 Å². The van der Waals surface area contributed by atoms with Crippen molar-refractivity contribution in [2.45, 2.75) is 24.0 Å². The Bertz CT molecular complexity index is 1070. The number of aliphatic hydroxyl groups excluding tert-OH is 1. The number of aliphatic hydroxyl groups is 1. The number of hydrogen-bond donors (Lipinski definition) is 3. The number of sulfonamides is 1. The number of hydrogen-bond acceptors (Lipinski definition) is 5. The van der Waals surface area contributed by atoms with Crippen molar-refractivity contribution in [1.82, 2.24) is 15.0 Å². The molecule has 0 amide bonds. The Morgan fingerprint density at radius 2 is 1.86 bits per heavy atom. The molecular formula is C20H23ClFN3O3S. The summed E-state index contributed by atoms with van der Waals surface area (Å²) >= 11 is 0. The van der Waals surface area contributed by atoms with E-state index in [-0.39, 0.29) is 36.0 Å². The number of halogens is 2. The van der Waals surface area contributed by atoms with Crippen molar-refractivity contribution in [3.8, 4) is 0 Å². The first kappa shape index (κ1) is 23.2. The number of aromatic nitrogens is 1. The lowest BCUT2D eigenvalue weighted by molar-refractivity contribution is 0.169. The molecule has 0 saturated heterocycles. The molecule has 1 unspecified atom stereocenters. The number of nitrogens with zero attached hydrogens (tertiary/aromatic N) is 1. The van der Waals surface area contributed by atoms with E-state index in [1.807, 2.05) is 0 Å². The summed E-state index contributed by atoms with van der Waals surface area (Å²) < 4.78 is 41.5. The molecule has 0 fully saturated rings. The van der Waals surface area contributed by atoms with E-state index >= 15 is 0 Å². The molecule has 0 bridgehead atoms. The molecule has 2 atom stereocenters. The van der Waals surface area contributed by atoms with Crippen LogP contribution in [0.3, 0.4) is 0 Å². The summed E-state index contributed by atoms with van der Waals surface area (Å²) in [5.41, 5.74) is 0.203. The van der Waals surface area contributed by atoms with Gasteiger partial charge in [0.25, 0.3) is 0 Å². The monoisotopic (exact) mass is 439 g/mol. The topological polar surface area (TPSA) is 91.3 Å². The van der Waals surface area contributed by atoms with E-state index in [1.165, 1.54) is 18.2 Å². The maximum Gasteiger partial charge on any atom is 0.240 e. The SMILES string of the molecule is C[C@H](CNCC(O)c1ccccc1F)NS(=O)(=O)c1ccc2cnccc2c1.Cl. The lowest BCUT2D eigenvalue weighted by Crippen LogP contribution is -2.40. The maximum absolute atomic E-state index is 13.7. The van der Waals surface area contributed by atoms with E-state index in [0.717, 1.165) is 10.8 Å². The van der Waals surface area contributed by atoms with Gasteiger partial charge in [-0.25, -0.2) is 17.5 Å². The molecule has 1 aromatic heterocycles. The average Bonchev–Trinajstić information content (AvgIpc) is 2.67. The lowest BCUT2D eigenvalue weighted by Gasteiger charge is -2.17. The minimum Gasteiger partial charge on any atom is -0.387 e. The first-order valence-corrected chi connectivity index (χ1v) is 10.3. The van der Waals surface area contributed by atoms with Crippen LogP contribution in [0.2, 0.25) is 0 Å². The third-order valence-electron chi connectivity index (χ3n) is 4.33. The van der Waals surface area contributed by atoms with Crippen LogP contribution in [0.4, 0.5) is 4.39 Å². The van der Waals surface area contributed by atoms with Crippen LogP contribution in [-0.2, 0) is 10.0 Å². The number of nitrogens with one attached hydrogen (secondary N) is 2. The Morgan fingerprint density at radius 1 is 1.10 bits per heavy atom. The number of benzene rings is 2. The third-order valence-corrected chi connectivity index (χ3v) is 5.92. The van der Waals surface area contributed by atoms with Gasteiger partial charge in [0.15, 0.2) is 0 Å². The Labute approximate surface area is 175 Å². The van der Waals surface area contributed by atoms with Crippen molar-refractivity contribution < 1.29 is 17.9 Å². The zero-order chi connectivity index (χ0) is 20.1. The predicted molar refractivity (Wildman–Crippen MR) is 113 cm³/mol. The zero-order valence-electron chi connectivity index (χ0n) is 15.7. The number of pyridine rings is 1. The van der Waals surface area contributed by atoms with E-state index < -0.39 is 28.0 Å². The molecule has 3 aromatic rings. The van der Waals surface area contributed by atoms with Gasteiger partial charge >= 0.3 is 0 Å². The summed E-state index contributed by atoms with van der Waals surface area (Å²) in [6, 6.07) is 12.2. The summed E-state index contributed by atoms with van der Waals surface area (Å²) in [6.07, 6.45) is 2.27. The van der Waals surface area contributed by atoms with E-state index in [1.54, 1.807) is 49.6 Å². The lowest BCUT2D eigenvalue weighted by atomic mass is 10.1. The minimum absolute atomic E-state index is 0. The highest BCUT2D eigenvalue weighted by atomic mass is 35.5. The number of fused-ring (bicyclic) bond motifs is 1. The van der Waals surface area contributed by atoms with E-state index in [4.69, 9.17) is 0 Å². The van der Waals surface area contributed by atoms with Gasteiger partial charge in [-0.15, -0.1) is 12.4 Å². The molecule has 3 N–H and O–H groups in total. The highest BCUT2D eigenvalue weighted by Crippen LogP contribution is 2.18. The molecule has 2 aromatic carbocycles. The highest BCUT2D eigenvalue weighted by molar-refractivity contribution is 7.89. The molecule has 0 spiro atoms. The molecule has 156 valence electrons. The predicted octanol–water partition coefficient (Wildman–Crippen LogP) is 2.79. The second-order valence-electron chi connectivity index (χ2n) is 6.60. The van der Waals surface area contributed by atoms with Gasteiger partial charge in [0.1, 0.15) is 5.82 Å². The molecule has 0 aliphatic heterocycles. The molecule has 0 saturated carbocycles. The second-order valence-corrected chi connectivity index (χ2v) is 8.32. The summed E-state index contributed by atoms with van der Waals surface area (Å²) in [5, 5.41) is 14.7. The third kappa shape index (κ3) is 5.94. The van der Waals surface area contributed by atoms with E-state index in [2.05, 4.69) is 15.0 Å². The Balaban J connectivity index is 0.00000300. The number of rotatable bonds is 8. The van der Waals surface area contributed by atoms with E-state index in [9.17, 15) is 17.9 Å². The summed E-state index contributed by atoms with van der Waals surface area (Å²) in [7, 11) is -3.69. The molecule has 9 heteroatoms. The van der Waals surface area contributed by atoms with Crippen LogP contribution in [0.5, 0.6) is 0 Å². The van der Waals surface area contributed by atoms with Gasteiger partial charge in [-0.05, 0) is 36.6 Å². The van der Waals surface area contributed by atoms with Crippen LogP contribution in [0.1, 0.15) is 18.6 Å². The fraction of sp³-hybridized carbons (Fsp3) is 0.250. The largest absolute Gasteiger partial charge is 0.387 e. The van der Waals surface area contributed by atoms with Crippen LogP contribution in [0.15, 0.2) is 65.8 Å². The molecule has 3 rings (SSSR count). The Hall–Kier alpha value is -2.10. The molecule has 0 aliphatic rings. The molecule has 29 heavy (non-hydrogen) atoms. The van der Waals surface area contributed by atoms with Crippen LogP contribution in [0, 0.1) is 5.82 Å². The fourth-order valence-electron chi connectivity index (χ4n) is 2.89. The molecule has 0 aliphatic carbocycles. The standard InChI is InChI=1S/C20H22FN3O3S.ClH/c1-14(11-23-13-20(25)18-4-2-3-5-19(18)21)24-28(26,27)17-7-6-16-12-22-9-8-15(16)10-17;/h2-10,12,14,20,23-25H,11,13H2,1H3;1H/t14-,20?;/m1./s1. The van der Waals surface area contributed by atoms with Gasteiger partial charge in [0, 0.05) is 42.5 Å². The molecule has 1 heterocycles. The summed E-state index contributed by atoms with van der Waals surface area (Å²) in [5.74, 6) is -0.475. The fourth-order valence-corrected chi connectivity index (χ4v) is 4.17. The van der Waals surface area contributed by atoms with Crippen molar-refractivity contribution in [3.05, 3.63) is 72.3 Å².